The third-order valence-corrected chi connectivity index (χ3v) is 4.23. The molecule has 0 unspecified atom stereocenters. The van der Waals surface area contributed by atoms with Gasteiger partial charge in [-0.2, -0.15) is 4.68 Å². The predicted molar refractivity (Wildman–Crippen MR) is 91.8 cm³/mol. The molecule has 1 aromatic heterocycles. The number of likely N-dealkylation sites (tertiary alicyclic amines) is 1. The number of benzene rings is 1. The first-order valence-electron chi connectivity index (χ1n) is 8.51. The number of amides is 1. The van der Waals surface area contributed by atoms with Crippen molar-refractivity contribution in [2.75, 3.05) is 18.4 Å². The van der Waals surface area contributed by atoms with Gasteiger partial charge in [0.05, 0.1) is 5.69 Å². The maximum atomic E-state index is 12.1. The van der Waals surface area contributed by atoms with E-state index in [1.807, 2.05) is 35.2 Å². The van der Waals surface area contributed by atoms with Crippen LogP contribution in [-0.2, 0) is 4.79 Å². The van der Waals surface area contributed by atoms with Crippen LogP contribution >= 0.6 is 0 Å². The largest absolute Gasteiger partial charge is 0.350 e. The molecule has 1 fully saturated rings. The summed E-state index contributed by atoms with van der Waals surface area (Å²) in [4.78, 5) is 14.1. The summed E-state index contributed by atoms with van der Waals surface area (Å²) in [7, 11) is 0. The van der Waals surface area contributed by atoms with Crippen LogP contribution in [0.1, 0.15) is 33.1 Å². The number of hydrogen-bond donors (Lipinski definition) is 1. The topological polar surface area (TPSA) is 75.9 Å². The summed E-state index contributed by atoms with van der Waals surface area (Å²) < 4.78 is 1.70. The fourth-order valence-corrected chi connectivity index (χ4v) is 2.95. The smallest absolute Gasteiger partial charge is 0.247 e. The number of rotatable bonds is 5. The third-order valence-electron chi connectivity index (χ3n) is 4.23. The van der Waals surface area contributed by atoms with E-state index >= 15 is 0 Å². The number of aromatic nitrogens is 4. The summed E-state index contributed by atoms with van der Waals surface area (Å²) in [5.41, 5.74) is 0.926. The van der Waals surface area contributed by atoms with E-state index in [0.717, 1.165) is 31.6 Å². The van der Waals surface area contributed by atoms with Gasteiger partial charge in [-0.05, 0) is 41.3 Å². The number of carbonyl (C=O) groups excluding carboxylic acids is 1. The molecule has 1 amide bonds. The lowest BCUT2D eigenvalue weighted by Gasteiger charge is -2.32. The van der Waals surface area contributed by atoms with Gasteiger partial charge in [-0.3, -0.25) is 4.79 Å². The molecule has 0 aliphatic carbocycles. The highest BCUT2D eigenvalue weighted by molar-refractivity contribution is 5.76. The molecule has 0 atom stereocenters. The highest BCUT2D eigenvalue weighted by Gasteiger charge is 2.24. The van der Waals surface area contributed by atoms with Gasteiger partial charge in [0.15, 0.2) is 0 Å². The maximum Gasteiger partial charge on any atom is 0.247 e. The standard InChI is InChI=1S/C17H24N6O/c1-13(2)12-16(24)22-10-8-14(9-11-22)18-17-19-20-21-23(17)15-6-4-3-5-7-15/h3-7,13-14H,8-12H2,1-2H3,(H,18,19,21). The van der Waals surface area contributed by atoms with Gasteiger partial charge in [0.2, 0.25) is 11.9 Å². The first-order chi connectivity index (χ1) is 11.6. The van der Waals surface area contributed by atoms with Crippen LogP contribution < -0.4 is 5.32 Å². The fraction of sp³-hybridized carbons (Fsp3) is 0.529. The van der Waals surface area contributed by atoms with Crippen molar-refractivity contribution in [1.29, 1.82) is 0 Å². The molecule has 0 saturated carbocycles. The van der Waals surface area contributed by atoms with Crippen molar-refractivity contribution in [2.45, 2.75) is 39.2 Å². The van der Waals surface area contributed by atoms with E-state index in [1.165, 1.54) is 0 Å². The summed E-state index contributed by atoms with van der Waals surface area (Å²) in [6.07, 6.45) is 2.45. The lowest BCUT2D eigenvalue weighted by molar-refractivity contribution is -0.132. The number of nitrogens with zero attached hydrogens (tertiary/aromatic N) is 5. The van der Waals surface area contributed by atoms with Gasteiger partial charge in [0.1, 0.15) is 0 Å². The van der Waals surface area contributed by atoms with Gasteiger partial charge in [0.25, 0.3) is 0 Å². The van der Waals surface area contributed by atoms with Crippen LogP contribution in [0.25, 0.3) is 5.69 Å². The molecule has 1 aromatic carbocycles. The molecule has 1 aliphatic rings. The summed E-state index contributed by atoms with van der Waals surface area (Å²) >= 11 is 0. The van der Waals surface area contributed by atoms with Crippen molar-refractivity contribution in [3.8, 4) is 5.69 Å². The van der Waals surface area contributed by atoms with Gasteiger partial charge in [0, 0.05) is 25.6 Å². The van der Waals surface area contributed by atoms with Crippen LogP contribution in [0.3, 0.4) is 0 Å². The van der Waals surface area contributed by atoms with Crippen LogP contribution in [0.4, 0.5) is 5.95 Å². The van der Waals surface area contributed by atoms with Gasteiger partial charge in [-0.1, -0.05) is 37.1 Å². The summed E-state index contributed by atoms with van der Waals surface area (Å²) in [6, 6.07) is 10.1. The van der Waals surface area contributed by atoms with E-state index in [9.17, 15) is 4.79 Å². The first kappa shape index (κ1) is 16.4. The third kappa shape index (κ3) is 3.90. The van der Waals surface area contributed by atoms with Gasteiger partial charge in [-0.15, -0.1) is 0 Å². The molecule has 24 heavy (non-hydrogen) atoms. The Kier molecular flexibility index (Phi) is 5.08. The normalized spacial score (nSPS) is 15.7. The van der Waals surface area contributed by atoms with Gasteiger partial charge >= 0.3 is 0 Å². The average molecular weight is 328 g/mol. The van der Waals surface area contributed by atoms with E-state index in [2.05, 4.69) is 34.7 Å². The van der Waals surface area contributed by atoms with Crippen LogP contribution in [0.5, 0.6) is 0 Å². The molecular formula is C17H24N6O. The minimum absolute atomic E-state index is 0.262. The molecular weight excluding hydrogens is 304 g/mol. The lowest BCUT2D eigenvalue weighted by atomic mass is 10.0. The van der Waals surface area contributed by atoms with Crippen molar-refractivity contribution in [3.05, 3.63) is 30.3 Å². The van der Waals surface area contributed by atoms with Crippen LogP contribution in [-0.4, -0.2) is 50.1 Å². The van der Waals surface area contributed by atoms with E-state index in [1.54, 1.807) is 4.68 Å². The molecule has 7 heteroatoms. The number of piperidine rings is 1. The van der Waals surface area contributed by atoms with Crippen molar-refractivity contribution in [2.24, 2.45) is 5.92 Å². The molecule has 0 radical (unpaired) electrons. The lowest BCUT2D eigenvalue weighted by Crippen LogP contribution is -2.43. The summed E-state index contributed by atoms with van der Waals surface area (Å²) in [5, 5.41) is 15.3. The van der Waals surface area contributed by atoms with Crippen LogP contribution in [0.15, 0.2) is 30.3 Å². The Morgan fingerprint density at radius 3 is 2.62 bits per heavy atom. The molecule has 128 valence electrons. The monoisotopic (exact) mass is 328 g/mol. The second kappa shape index (κ2) is 7.42. The number of para-hydroxylation sites is 1. The van der Waals surface area contributed by atoms with Gasteiger partial charge in [-0.25, -0.2) is 0 Å². The Labute approximate surface area is 142 Å². The first-order valence-corrected chi connectivity index (χ1v) is 8.51. The maximum absolute atomic E-state index is 12.1. The highest BCUT2D eigenvalue weighted by Crippen LogP contribution is 2.18. The van der Waals surface area contributed by atoms with Crippen LogP contribution in [0.2, 0.25) is 0 Å². The van der Waals surface area contributed by atoms with Crippen LogP contribution in [0, 0.1) is 5.92 Å². The zero-order valence-electron chi connectivity index (χ0n) is 14.2. The molecule has 1 aliphatic heterocycles. The van der Waals surface area contributed by atoms with E-state index in [4.69, 9.17) is 0 Å². The molecule has 2 heterocycles. The molecule has 1 saturated heterocycles. The highest BCUT2D eigenvalue weighted by atomic mass is 16.2. The number of nitrogens with one attached hydrogen (secondary N) is 1. The van der Waals surface area contributed by atoms with E-state index < -0.39 is 0 Å². The Morgan fingerprint density at radius 2 is 1.96 bits per heavy atom. The average Bonchev–Trinajstić information content (AvgIpc) is 3.04. The number of tetrazole rings is 1. The molecule has 0 bridgehead atoms. The SMILES string of the molecule is CC(C)CC(=O)N1CCC(Nc2nnnn2-c2ccccc2)CC1. The zero-order valence-corrected chi connectivity index (χ0v) is 14.2. The van der Waals surface area contributed by atoms with Crippen molar-refractivity contribution >= 4 is 11.9 Å². The number of carbonyl (C=O) groups is 1. The fourth-order valence-electron chi connectivity index (χ4n) is 2.95. The molecule has 2 aromatic rings. The molecule has 0 spiro atoms. The second-order valence-electron chi connectivity index (χ2n) is 6.65. The molecule has 3 rings (SSSR count). The van der Waals surface area contributed by atoms with Crippen molar-refractivity contribution in [3.63, 3.8) is 0 Å². The minimum Gasteiger partial charge on any atom is -0.350 e. The number of anilines is 1. The predicted octanol–water partition coefficient (Wildman–Crippen LogP) is 2.11. The zero-order chi connectivity index (χ0) is 16.9. The number of hydrogen-bond acceptors (Lipinski definition) is 5. The van der Waals surface area contributed by atoms with Crippen molar-refractivity contribution in [1.82, 2.24) is 25.1 Å². The molecule has 1 N–H and O–H groups in total. The summed E-state index contributed by atoms with van der Waals surface area (Å²) in [6.45, 7) is 5.73. The quantitative estimate of drug-likeness (QED) is 0.910. The van der Waals surface area contributed by atoms with Crippen molar-refractivity contribution < 1.29 is 4.79 Å². The minimum atomic E-state index is 0.262. The Hall–Kier alpha value is -2.44. The molecule has 7 nitrogen and oxygen atoms in total. The Bertz CT molecular complexity index is 661. The summed E-state index contributed by atoms with van der Waals surface area (Å²) in [5.74, 6) is 1.31. The Morgan fingerprint density at radius 1 is 1.25 bits per heavy atom. The second-order valence-corrected chi connectivity index (χ2v) is 6.65. The van der Waals surface area contributed by atoms with E-state index in [0.29, 0.717) is 18.3 Å². The van der Waals surface area contributed by atoms with E-state index in [-0.39, 0.29) is 11.9 Å². The van der Waals surface area contributed by atoms with Gasteiger partial charge < -0.3 is 10.2 Å². The Balaban J connectivity index is 1.58.